The zero-order valence-corrected chi connectivity index (χ0v) is 22.0. The number of amides is 2. The van der Waals surface area contributed by atoms with Gasteiger partial charge in [0, 0.05) is 31.4 Å². The predicted octanol–water partition coefficient (Wildman–Crippen LogP) is 6.14. The van der Waals surface area contributed by atoms with E-state index in [0.717, 1.165) is 24.8 Å². The molecule has 10 heteroatoms. The molecule has 2 amide bonds. The number of anilines is 2. The van der Waals surface area contributed by atoms with Gasteiger partial charge in [0.1, 0.15) is 17.5 Å². The number of carbonyl (C=O) groups is 2. The van der Waals surface area contributed by atoms with Crippen LogP contribution in [-0.2, 0) is 16.1 Å². The van der Waals surface area contributed by atoms with E-state index in [1.54, 1.807) is 17.0 Å². The molecule has 0 bridgehead atoms. The van der Waals surface area contributed by atoms with Crippen LogP contribution in [0.15, 0.2) is 54.7 Å². The van der Waals surface area contributed by atoms with Gasteiger partial charge in [-0.15, -0.1) is 0 Å². The van der Waals surface area contributed by atoms with Gasteiger partial charge in [-0.3, -0.25) is 4.79 Å². The van der Waals surface area contributed by atoms with E-state index in [2.05, 4.69) is 20.6 Å². The van der Waals surface area contributed by atoms with Crippen molar-refractivity contribution in [2.45, 2.75) is 39.2 Å². The summed E-state index contributed by atoms with van der Waals surface area (Å²) in [6, 6.07) is 13.5. The molecule has 200 valence electrons. The summed E-state index contributed by atoms with van der Waals surface area (Å²) in [6.45, 7) is 3.70. The minimum absolute atomic E-state index is 0.213. The van der Waals surface area contributed by atoms with Gasteiger partial charge in [0.2, 0.25) is 5.91 Å². The molecule has 1 aromatic carbocycles. The van der Waals surface area contributed by atoms with Crippen LogP contribution < -0.4 is 10.6 Å². The first-order chi connectivity index (χ1) is 18.4. The lowest BCUT2D eigenvalue weighted by molar-refractivity contribution is -0.121. The monoisotopic (exact) mass is 539 g/mol. The molecular formula is C28H31ClFN5O3. The predicted molar refractivity (Wildman–Crippen MR) is 145 cm³/mol. The number of hydrogen-bond acceptors (Lipinski definition) is 6. The number of likely N-dealkylation sites (tertiary alicyclic amines) is 1. The first-order valence-corrected chi connectivity index (χ1v) is 13.1. The highest BCUT2D eigenvalue weighted by Gasteiger charge is 2.29. The van der Waals surface area contributed by atoms with Crippen molar-refractivity contribution in [1.82, 2.24) is 14.9 Å². The van der Waals surface area contributed by atoms with E-state index >= 15 is 0 Å². The van der Waals surface area contributed by atoms with Crippen molar-refractivity contribution in [2.75, 3.05) is 30.3 Å². The number of benzene rings is 1. The Hall–Kier alpha value is -3.72. The van der Waals surface area contributed by atoms with Gasteiger partial charge in [0.05, 0.1) is 23.2 Å². The third-order valence-corrected chi connectivity index (χ3v) is 6.57. The van der Waals surface area contributed by atoms with Gasteiger partial charge in [-0.05, 0) is 55.2 Å². The third-order valence-electron chi connectivity index (χ3n) is 6.27. The molecule has 38 heavy (non-hydrogen) atoms. The summed E-state index contributed by atoms with van der Waals surface area (Å²) >= 11 is 6.43. The Balaban J connectivity index is 1.40. The molecular weight excluding hydrogens is 509 g/mol. The van der Waals surface area contributed by atoms with Gasteiger partial charge >= 0.3 is 6.09 Å². The molecule has 1 aliphatic rings. The smallest absolute Gasteiger partial charge is 0.409 e. The minimum atomic E-state index is -0.375. The summed E-state index contributed by atoms with van der Waals surface area (Å²) in [5, 5.41) is 6.43. The minimum Gasteiger partial charge on any atom is -0.449 e. The molecule has 1 fully saturated rings. The molecule has 1 aliphatic heterocycles. The quantitative estimate of drug-likeness (QED) is 0.317. The van der Waals surface area contributed by atoms with Crippen molar-refractivity contribution in [3.05, 3.63) is 71.1 Å². The van der Waals surface area contributed by atoms with Crippen molar-refractivity contribution < 1.29 is 18.7 Å². The van der Waals surface area contributed by atoms with Gasteiger partial charge in [-0.1, -0.05) is 43.1 Å². The molecule has 3 aromatic rings. The summed E-state index contributed by atoms with van der Waals surface area (Å²) in [6.07, 6.45) is 4.25. The highest BCUT2D eigenvalue weighted by atomic mass is 35.5. The molecule has 3 heterocycles. The molecule has 2 aromatic heterocycles. The number of piperidine rings is 1. The van der Waals surface area contributed by atoms with Gasteiger partial charge in [0.25, 0.3) is 0 Å². The summed E-state index contributed by atoms with van der Waals surface area (Å²) in [7, 11) is 0. The Morgan fingerprint density at radius 2 is 2.03 bits per heavy atom. The Morgan fingerprint density at radius 1 is 1.18 bits per heavy atom. The number of ether oxygens (including phenoxy) is 1. The number of hydrogen-bond donors (Lipinski definition) is 2. The second-order valence-corrected chi connectivity index (χ2v) is 9.59. The molecule has 0 radical (unpaired) electrons. The first-order valence-electron chi connectivity index (χ1n) is 12.8. The summed E-state index contributed by atoms with van der Waals surface area (Å²) in [5.74, 6) is 0.0690. The fourth-order valence-electron chi connectivity index (χ4n) is 4.21. The van der Waals surface area contributed by atoms with Gasteiger partial charge in [-0.25, -0.2) is 19.2 Å². The van der Waals surface area contributed by atoms with Crippen molar-refractivity contribution >= 4 is 35.2 Å². The van der Waals surface area contributed by atoms with E-state index in [-0.39, 0.29) is 23.7 Å². The lowest BCUT2D eigenvalue weighted by Gasteiger charge is -2.31. The van der Waals surface area contributed by atoms with Crippen LogP contribution in [0, 0.1) is 11.7 Å². The number of nitrogens with one attached hydrogen (secondary N) is 2. The molecule has 1 unspecified atom stereocenters. The zero-order chi connectivity index (χ0) is 26.9. The average Bonchev–Trinajstić information content (AvgIpc) is 2.93. The Labute approximate surface area is 226 Å². The van der Waals surface area contributed by atoms with E-state index < -0.39 is 0 Å². The van der Waals surface area contributed by atoms with E-state index in [1.165, 1.54) is 18.3 Å². The van der Waals surface area contributed by atoms with Crippen LogP contribution in [0.5, 0.6) is 0 Å². The normalized spacial score (nSPS) is 15.1. The number of carbonyl (C=O) groups excluding carboxylic acids is 2. The molecule has 8 nitrogen and oxygen atoms in total. The average molecular weight is 540 g/mol. The van der Waals surface area contributed by atoms with Crippen LogP contribution in [0.3, 0.4) is 0 Å². The van der Waals surface area contributed by atoms with Gasteiger partial charge in [-0.2, -0.15) is 0 Å². The van der Waals surface area contributed by atoms with Crippen molar-refractivity contribution in [1.29, 1.82) is 0 Å². The molecule has 1 atom stereocenters. The topological polar surface area (TPSA) is 96.5 Å². The molecule has 0 saturated carbocycles. The fraction of sp³-hybridized carbons (Fsp3) is 0.357. The highest BCUT2D eigenvalue weighted by Crippen LogP contribution is 2.29. The van der Waals surface area contributed by atoms with E-state index in [1.807, 2.05) is 31.2 Å². The van der Waals surface area contributed by atoms with Crippen molar-refractivity contribution in [3.63, 3.8) is 0 Å². The summed E-state index contributed by atoms with van der Waals surface area (Å²) < 4.78 is 18.8. The largest absolute Gasteiger partial charge is 0.449 e. The summed E-state index contributed by atoms with van der Waals surface area (Å²) in [5.41, 5.74) is 1.99. The Bertz CT molecular complexity index is 1270. The van der Waals surface area contributed by atoms with Crippen molar-refractivity contribution in [3.8, 4) is 11.3 Å². The standard InChI is InChI=1S/C28H31ClFN5O3/c1-2-3-13-38-28(37)35-12-6-8-20(18-35)27(36)34-26-15-22(23(29)17-32-26)24-10-5-11-25(33-24)31-16-19-7-4-9-21(30)14-19/h4-5,7,9-11,14-15,17,20H,2-3,6,8,12-13,16,18H2,1H3,(H,31,33)(H,32,34,36). The lowest BCUT2D eigenvalue weighted by Crippen LogP contribution is -2.44. The van der Waals surface area contributed by atoms with Gasteiger partial charge in [0.15, 0.2) is 0 Å². The molecule has 4 rings (SSSR count). The van der Waals surface area contributed by atoms with Crippen LogP contribution in [0.1, 0.15) is 38.2 Å². The summed E-state index contributed by atoms with van der Waals surface area (Å²) in [4.78, 5) is 35.8. The Kier molecular flexibility index (Phi) is 9.48. The number of nitrogens with zero attached hydrogens (tertiary/aromatic N) is 3. The molecule has 2 N–H and O–H groups in total. The number of pyridine rings is 2. The molecule has 0 aliphatic carbocycles. The van der Waals surface area contributed by atoms with E-state index in [0.29, 0.717) is 60.6 Å². The maximum Gasteiger partial charge on any atom is 0.409 e. The third kappa shape index (κ3) is 7.41. The van der Waals surface area contributed by atoms with Crippen LogP contribution >= 0.6 is 11.6 Å². The zero-order valence-electron chi connectivity index (χ0n) is 21.3. The molecule has 0 spiro atoms. The van der Waals surface area contributed by atoms with Crippen molar-refractivity contribution in [2.24, 2.45) is 5.92 Å². The lowest BCUT2D eigenvalue weighted by atomic mass is 9.97. The number of rotatable bonds is 9. The Morgan fingerprint density at radius 3 is 2.84 bits per heavy atom. The number of unbranched alkanes of at least 4 members (excludes halogenated alkanes) is 1. The molecule has 1 saturated heterocycles. The van der Waals surface area contributed by atoms with Gasteiger partial charge < -0.3 is 20.3 Å². The number of aromatic nitrogens is 2. The van der Waals surface area contributed by atoms with Crippen LogP contribution in [0.4, 0.5) is 20.8 Å². The van der Waals surface area contributed by atoms with Crippen LogP contribution in [0.2, 0.25) is 5.02 Å². The fourth-order valence-corrected chi connectivity index (χ4v) is 4.41. The van der Waals surface area contributed by atoms with Crippen LogP contribution in [0.25, 0.3) is 11.3 Å². The first kappa shape index (κ1) is 27.3. The second-order valence-electron chi connectivity index (χ2n) is 9.18. The number of halogens is 2. The van der Waals surface area contributed by atoms with Crippen LogP contribution in [-0.4, -0.2) is 46.6 Å². The maximum absolute atomic E-state index is 13.5. The SMILES string of the molecule is CCCCOC(=O)N1CCCC(C(=O)Nc2cc(-c3cccc(NCc4cccc(F)c4)n3)c(Cl)cn2)C1. The van der Waals surface area contributed by atoms with E-state index in [4.69, 9.17) is 16.3 Å². The van der Waals surface area contributed by atoms with E-state index in [9.17, 15) is 14.0 Å². The second kappa shape index (κ2) is 13.2. The highest BCUT2D eigenvalue weighted by molar-refractivity contribution is 6.33. The maximum atomic E-state index is 13.5.